The van der Waals surface area contributed by atoms with Crippen LogP contribution in [-0.2, 0) is 17.9 Å². The van der Waals surface area contributed by atoms with Crippen LogP contribution in [0.1, 0.15) is 25.2 Å². The number of fused-ring (bicyclic) bond motifs is 1. The highest BCUT2D eigenvalue weighted by atomic mass is 32.1. The van der Waals surface area contributed by atoms with Crippen LogP contribution in [0.3, 0.4) is 0 Å². The monoisotopic (exact) mass is 455 g/mol. The van der Waals surface area contributed by atoms with Gasteiger partial charge in [0.2, 0.25) is 5.91 Å². The molecule has 0 spiro atoms. The highest BCUT2D eigenvalue weighted by Crippen LogP contribution is 2.33. The molecule has 8 heteroatoms. The molecule has 1 amide bonds. The molecule has 1 aliphatic heterocycles. The van der Waals surface area contributed by atoms with Crippen LogP contribution in [0.5, 0.6) is 0 Å². The second-order valence-electron chi connectivity index (χ2n) is 8.40. The second kappa shape index (κ2) is 9.75. The molecule has 1 aromatic heterocycles. The van der Waals surface area contributed by atoms with Gasteiger partial charge in [-0.25, -0.2) is 9.37 Å². The van der Waals surface area contributed by atoms with Crippen molar-refractivity contribution in [1.29, 1.82) is 0 Å². The third-order valence-electron chi connectivity index (χ3n) is 5.72. The zero-order valence-corrected chi connectivity index (χ0v) is 19.6. The fourth-order valence-electron chi connectivity index (χ4n) is 3.72. The average Bonchev–Trinajstić information content (AvgIpc) is 3.12. The molecule has 0 fully saturated rings. The van der Waals surface area contributed by atoms with E-state index >= 15 is 0 Å². The quantitative estimate of drug-likeness (QED) is 0.605. The van der Waals surface area contributed by atoms with Crippen molar-refractivity contribution in [2.24, 2.45) is 11.7 Å². The summed E-state index contributed by atoms with van der Waals surface area (Å²) >= 11 is 0. The van der Waals surface area contributed by atoms with Crippen molar-refractivity contribution < 1.29 is 9.18 Å². The maximum absolute atomic E-state index is 13.5. The molecule has 3 N–H and O–H groups in total. The number of carbonyl (C=O) groups is 1. The number of rotatable bonds is 5. The number of aryl methyl sites for hydroxylation is 1. The maximum Gasteiger partial charge on any atom is 0.240 e. The number of nitrogens with one attached hydrogen (secondary N) is 1. The number of carbonyl (C=O) groups excluding carboxylic acids is 1. The van der Waals surface area contributed by atoms with E-state index in [0.29, 0.717) is 19.6 Å². The topological polar surface area (TPSA) is 76.2 Å². The lowest BCUT2D eigenvalue weighted by molar-refractivity contribution is -0.135. The Kier molecular flexibility index (Phi) is 7.26. The van der Waals surface area contributed by atoms with E-state index in [9.17, 15) is 9.18 Å². The second-order valence-corrected chi connectivity index (χ2v) is 8.40. The highest BCUT2D eigenvalue weighted by Gasteiger charge is 2.30. The van der Waals surface area contributed by atoms with Crippen LogP contribution in [0.15, 0.2) is 48.5 Å². The van der Waals surface area contributed by atoms with E-state index in [0.717, 1.165) is 28.6 Å². The predicted octanol–water partition coefficient (Wildman–Crippen LogP) is 4.18. The van der Waals surface area contributed by atoms with Gasteiger partial charge in [-0.05, 0) is 49.2 Å². The Morgan fingerprint density at radius 3 is 2.38 bits per heavy atom. The van der Waals surface area contributed by atoms with Gasteiger partial charge >= 0.3 is 0 Å². The largest absolute Gasteiger partial charge is 0.340 e. The van der Waals surface area contributed by atoms with Crippen LogP contribution in [0.2, 0.25) is 0 Å². The fraction of sp³-hybridized carbons (Fsp3) is 0.333. The number of nitrogens with two attached hydrogens (primary N) is 1. The number of benzene rings is 2. The van der Waals surface area contributed by atoms with Gasteiger partial charge in [-0.3, -0.25) is 4.79 Å². The first-order valence-corrected chi connectivity index (χ1v) is 10.6. The minimum Gasteiger partial charge on any atom is -0.340 e. The van der Waals surface area contributed by atoms with Gasteiger partial charge in [0.1, 0.15) is 23.2 Å². The predicted molar refractivity (Wildman–Crippen MR) is 131 cm³/mol. The van der Waals surface area contributed by atoms with Gasteiger partial charge in [-0.1, -0.05) is 31.5 Å². The lowest BCUT2D eigenvalue weighted by Gasteiger charge is -2.31. The molecule has 0 aliphatic carbocycles. The lowest BCUT2D eigenvalue weighted by Crippen LogP contribution is -2.49. The van der Waals surface area contributed by atoms with Crippen LogP contribution in [0, 0.1) is 18.7 Å². The molecular weight excluding hydrogens is 425 g/mol. The average molecular weight is 456 g/mol. The number of nitrogens with zero attached hydrogens (tertiary/aromatic N) is 3. The molecule has 32 heavy (non-hydrogen) atoms. The molecule has 2 aromatic carbocycles. The van der Waals surface area contributed by atoms with Crippen molar-refractivity contribution in [3.8, 4) is 11.3 Å². The van der Waals surface area contributed by atoms with E-state index in [-0.39, 0.29) is 31.1 Å². The summed E-state index contributed by atoms with van der Waals surface area (Å²) in [7, 11) is 0. The molecule has 6 nitrogen and oxygen atoms in total. The first-order valence-electron chi connectivity index (χ1n) is 10.6. The number of amides is 1. The van der Waals surface area contributed by atoms with Gasteiger partial charge in [0, 0.05) is 24.3 Å². The molecule has 170 valence electrons. The summed E-state index contributed by atoms with van der Waals surface area (Å²) in [6.45, 7) is 7.50. The van der Waals surface area contributed by atoms with Gasteiger partial charge in [0.05, 0.1) is 12.6 Å². The summed E-state index contributed by atoms with van der Waals surface area (Å²) in [5, 5.41) is 3.48. The Balaban J connectivity index is 0.00000289. The van der Waals surface area contributed by atoms with Gasteiger partial charge in [0.25, 0.3) is 0 Å². The molecule has 4 rings (SSSR count). The normalized spacial score (nSPS) is 14.0. The van der Waals surface area contributed by atoms with E-state index in [1.807, 2.05) is 45.0 Å². The minimum absolute atomic E-state index is 0. The van der Waals surface area contributed by atoms with Crippen LogP contribution < -0.4 is 11.1 Å². The van der Waals surface area contributed by atoms with E-state index in [2.05, 4.69) is 9.88 Å². The summed E-state index contributed by atoms with van der Waals surface area (Å²) in [6.07, 6.45) is 0. The van der Waals surface area contributed by atoms with Crippen molar-refractivity contribution >= 4 is 30.9 Å². The first kappa shape index (κ1) is 23.8. The standard InChI is InChI=1S/C24H28FN5O.H2S/c1-15(2)21(26)24(31)29-12-13-30-20(14-29)28-22(17-6-8-18(25)9-7-17)23(30)27-19-10-4-16(3)5-11-19;/h4-11,15,21,27H,12-14,26H2,1-3H3;1H2/t21-;/m0./s1. The molecule has 1 atom stereocenters. The van der Waals surface area contributed by atoms with Crippen LogP contribution in [0.25, 0.3) is 11.3 Å². The number of halogens is 1. The van der Waals surface area contributed by atoms with Crippen molar-refractivity contribution in [1.82, 2.24) is 14.5 Å². The van der Waals surface area contributed by atoms with Gasteiger partial charge in [0.15, 0.2) is 0 Å². The molecule has 0 saturated heterocycles. The summed E-state index contributed by atoms with van der Waals surface area (Å²) in [5.74, 6) is 1.35. The first-order chi connectivity index (χ1) is 14.8. The number of hydrogen-bond acceptors (Lipinski definition) is 4. The molecular formula is C24H30FN5OS. The third-order valence-corrected chi connectivity index (χ3v) is 5.72. The summed E-state index contributed by atoms with van der Waals surface area (Å²) < 4.78 is 15.6. The van der Waals surface area contributed by atoms with Gasteiger partial charge in [-0.15, -0.1) is 0 Å². The molecule has 0 radical (unpaired) electrons. The smallest absolute Gasteiger partial charge is 0.240 e. The van der Waals surface area contributed by atoms with E-state index < -0.39 is 6.04 Å². The SMILES string of the molecule is Cc1ccc(Nc2c(-c3ccc(F)cc3)nc3n2CCN(C(=O)[C@@H](N)C(C)C)C3)cc1.S. The molecule has 0 unspecified atom stereocenters. The van der Waals surface area contributed by atoms with E-state index in [1.165, 1.54) is 17.7 Å². The van der Waals surface area contributed by atoms with Crippen molar-refractivity contribution in [2.45, 2.75) is 39.9 Å². The molecule has 1 aliphatic rings. The maximum atomic E-state index is 13.5. The molecule has 0 saturated carbocycles. The fourth-order valence-corrected chi connectivity index (χ4v) is 3.72. The van der Waals surface area contributed by atoms with E-state index in [1.54, 1.807) is 17.0 Å². The summed E-state index contributed by atoms with van der Waals surface area (Å²) in [5.41, 5.74) is 9.77. The zero-order chi connectivity index (χ0) is 22.1. The highest BCUT2D eigenvalue weighted by molar-refractivity contribution is 7.59. The Labute approximate surface area is 195 Å². The van der Waals surface area contributed by atoms with Crippen molar-refractivity contribution in [3.05, 3.63) is 65.7 Å². The Morgan fingerprint density at radius 1 is 1.09 bits per heavy atom. The molecule has 3 aromatic rings. The number of hydrogen-bond donors (Lipinski definition) is 2. The number of imidazole rings is 1. The number of aromatic nitrogens is 2. The Hall–Kier alpha value is -2.84. The summed E-state index contributed by atoms with van der Waals surface area (Å²) in [6, 6.07) is 13.9. The Bertz CT molecular complexity index is 1080. The molecule has 0 bridgehead atoms. The van der Waals surface area contributed by atoms with E-state index in [4.69, 9.17) is 10.7 Å². The van der Waals surface area contributed by atoms with Crippen LogP contribution in [-0.4, -0.2) is 32.9 Å². The Morgan fingerprint density at radius 2 is 1.75 bits per heavy atom. The van der Waals surface area contributed by atoms with Crippen LogP contribution in [0.4, 0.5) is 15.9 Å². The van der Waals surface area contributed by atoms with Gasteiger partial charge in [-0.2, -0.15) is 13.5 Å². The third kappa shape index (κ3) is 4.81. The number of anilines is 2. The molecule has 2 heterocycles. The van der Waals surface area contributed by atoms with Crippen LogP contribution >= 0.6 is 13.5 Å². The van der Waals surface area contributed by atoms with Crippen molar-refractivity contribution in [3.63, 3.8) is 0 Å². The lowest BCUT2D eigenvalue weighted by atomic mass is 10.0. The minimum atomic E-state index is -0.525. The zero-order valence-electron chi connectivity index (χ0n) is 18.6. The van der Waals surface area contributed by atoms with Crippen molar-refractivity contribution in [2.75, 3.05) is 11.9 Å². The van der Waals surface area contributed by atoms with Gasteiger partial charge < -0.3 is 20.5 Å². The summed E-state index contributed by atoms with van der Waals surface area (Å²) in [4.78, 5) is 19.4.